The number of carbonyl (C=O) groups is 1. The molecule has 4 nitrogen and oxygen atoms in total. The third-order valence-electron chi connectivity index (χ3n) is 1.99. The van der Waals surface area contributed by atoms with Crippen LogP contribution >= 0.6 is 11.8 Å². The first-order valence-corrected chi connectivity index (χ1v) is 6.37. The van der Waals surface area contributed by atoms with Gasteiger partial charge in [-0.3, -0.25) is 4.84 Å². The molecular weight excluding hydrogens is 236 g/mol. The molecule has 0 saturated heterocycles. The summed E-state index contributed by atoms with van der Waals surface area (Å²) in [7, 11) is 1.50. The molecule has 1 N–H and O–H groups in total. The summed E-state index contributed by atoms with van der Waals surface area (Å²) in [5.74, 6) is 0.824. The van der Waals surface area contributed by atoms with Gasteiger partial charge >= 0.3 is 6.09 Å². The summed E-state index contributed by atoms with van der Waals surface area (Å²) >= 11 is 1.57. The minimum Gasteiger partial charge on any atom is -0.323 e. The van der Waals surface area contributed by atoms with Crippen molar-refractivity contribution in [1.82, 2.24) is 5.32 Å². The van der Waals surface area contributed by atoms with Gasteiger partial charge in [0.25, 0.3) is 0 Å². The van der Waals surface area contributed by atoms with Crippen molar-refractivity contribution in [2.24, 2.45) is 5.16 Å². The molecule has 1 rings (SSSR count). The maximum atomic E-state index is 10.9. The summed E-state index contributed by atoms with van der Waals surface area (Å²) in [6.07, 6.45) is 0.199. The number of hydrogen-bond acceptors (Lipinski definition) is 4. The van der Waals surface area contributed by atoms with Gasteiger partial charge < -0.3 is 5.32 Å². The Bertz CT molecular complexity index is 379. The van der Waals surface area contributed by atoms with Crippen LogP contribution in [0.2, 0.25) is 0 Å². The van der Waals surface area contributed by atoms with E-state index >= 15 is 0 Å². The predicted octanol–water partition coefficient (Wildman–Crippen LogP) is 3.00. The Kier molecular flexibility index (Phi) is 6.17. The molecule has 0 aliphatic heterocycles. The Balaban J connectivity index is 2.44. The highest BCUT2D eigenvalue weighted by Crippen LogP contribution is 2.15. The van der Waals surface area contributed by atoms with E-state index in [0.29, 0.717) is 0 Å². The van der Waals surface area contributed by atoms with E-state index < -0.39 is 6.09 Å². The fourth-order valence-corrected chi connectivity index (χ4v) is 1.89. The largest absolute Gasteiger partial charge is 0.433 e. The Morgan fingerprint density at radius 1 is 1.41 bits per heavy atom. The Morgan fingerprint density at radius 3 is 2.71 bits per heavy atom. The van der Waals surface area contributed by atoms with Crippen molar-refractivity contribution in [2.45, 2.75) is 19.1 Å². The molecule has 0 unspecified atom stereocenters. The van der Waals surface area contributed by atoms with Crippen molar-refractivity contribution in [3.05, 3.63) is 35.9 Å². The Hall–Kier alpha value is -1.49. The van der Waals surface area contributed by atoms with E-state index in [1.54, 1.807) is 11.8 Å². The number of thioether (sulfide) groups is 1. The zero-order valence-corrected chi connectivity index (χ0v) is 10.8. The number of amides is 1. The van der Waals surface area contributed by atoms with Crippen molar-refractivity contribution in [3.8, 4) is 0 Å². The van der Waals surface area contributed by atoms with E-state index in [2.05, 4.69) is 27.4 Å². The summed E-state index contributed by atoms with van der Waals surface area (Å²) in [5, 5.41) is 6.94. The number of nitrogens with zero attached hydrogens (tertiary/aromatic N) is 1. The third kappa shape index (κ3) is 5.40. The summed E-state index contributed by atoms with van der Waals surface area (Å²) in [6, 6.07) is 10.1. The molecule has 1 amide bonds. The Labute approximate surface area is 105 Å². The van der Waals surface area contributed by atoms with Crippen LogP contribution in [0.5, 0.6) is 0 Å². The predicted molar refractivity (Wildman–Crippen MR) is 71.0 cm³/mol. The van der Waals surface area contributed by atoms with E-state index in [9.17, 15) is 4.79 Å². The van der Waals surface area contributed by atoms with Gasteiger partial charge in [0.05, 0.1) is 0 Å². The van der Waals surface area contributed by atoms with Crippen molar-refractivity contribution in [2.75, 3.05) is 7.05 Å². The molecule has 0 fully saturated rings. The van der Waals surface area contributed by atoms with E-state index in [-0.39, 0.29) is 0 Å². The van der Waals surface area contributed by atoms with Crippen LogP contribution in [0.15, 0.2) is 35.5 Å². The Morgan fingerprint density at radius 2 is 2.12 bits per heavy atom. The molecule has 0 atom stereocenters. The van der Waals surface area contributed by atoms with E-state index in [4.69, 9.17) is 0 Å². The molecule has 1 aromatic carbocycles. The minimum absolute atomic E-state index is 0.545. The first-order valence-electron chi connectivity index (χ1n) is 5.38. The molecule has 0 bridgehead atoms. The molecule has 0 radical (unpaired) electrons. The normalized spacial score (nSPS) is 11.1. The minimum atomic E-state index is -0.545. The molecular formula is C12H16N2O2S. The van der Waals surface area contributed by atoms with Crippen LogP contribution < -0.4 is 5.32 Å². The molecule has 1 aromatic rings. The molecule has 0 spiro atoms. The number of oxime groups is 1. The average molecular weight is 252 g/mol. The van der Waals surface area contributed by atoms with Crippen LogP contribution in [0.1, 0.15) is 18.9 Å². The van der Waals surface area contributed by atoms with Crippen LogP contribution in [0.25, 0.3) is 0 Å². The molecule has 0 heterocycles. The zero-order chi connectivity index (χ0) is 12.5. The van der Waals surface area contributed by atoms with Gasteiger partial charge in [0.1, 0.15) is 5.04 Å². The molecule has 0 aliphatic rings. The van der Waals surface area contributed by atoms with E-state index in [0.717, 1.165) is 17.2 Å². The van der Waals surface area contributed by atoms with Gasteiger partial charge in [-0.05, 0) is 12.0 Å². The van der Waals surface area contributed by atoms with Crippen LogP contribution in [-0.2, 0) is 10.6 Å². The SMILES string of the molecule is CCC(=NOC(=O)NC)SCc1ccccc1. The van der Waals surface area contributed by atoms with Gasteiger partial charge in [0.15, 0.2) is 0 Å². The fraction of sp³-hybridized carbons (Fsp3) is 0.333. The molecule has 0 aliphatic carbocycles. The lowest BCUT2D eigenvalue weighted by Gasteiger charge is -2.03. The standard InChI is InChI=1S/C12H16N2O2S/c1-3-11(14-16-12(15)13-2)17-9-10-7-5-4-6-8-10/h4-8H,3,9H2,1-2H3,(H,13,15). The molecule has 92 valence electrons. The van der Waals surface area contributed by atoms with Gasteiger partial charge in [-0.15, -0.1) is 11.8 Å². The van der Waals surface area contributed by atoms with E-state index in [1.165, 1.54) is 12.6 Å². The van der Waals surface area contributed by atoms with E-state index in [1.807, 2.05) is 25.1 Å². The highest BCUT2D eigenvalue weighted by atomic mass is 32.2. The number of hydrogen-bond donors (Lipinski definition) is 1. The number of nitrogens with one attached hydrogen (secondary N) is 1. The quantitative estimate of drug-likeness (QED) is 0.388. The maximum absolute atomic E-state index is 10.9. The van der Waals surface area contributed by atoms with Gasteiger partial charge in [0.2, 0.25) is 0 Å². The van der Waals surface area contributed by atoms with Gasteiger partial charge in [-0.1, -0.05) is 42.4 Å². The van der Waals surface area contributed by atoms with Crippen LogP contribution in [0.4, 0.5) is 4.79 Å². The molecule has 17 heavy (non-hydrogen) atoms. The van der Waals surface area contributed by atoms with Gasteiger partial charge in [0, 0.05) is 12.8 Å². The molecule has 0 aromatic heterocycles. The van der Waals surface area contributed by atoms with Crippen LogP contribution in [0.3, 0.4) is 0 Å². The highest BCUT2D eigenvalue weighted by molar-refractivity contribution is 8.13. The van der Waals surface area contributed by atoms with Crippen LogP contribution in [0, 0.1) is 0 Å². The summed E-state index contributed by atoms with van der Waals surface area (Å²) in [4.78, 5) is 15.5. The summed E-state index contributed by atoms with van der Waals surface area (Å²) < 4.78 is 0. The second-order valence-corrected chi connectivity index (χ2v) is 4.29. The number of benzene rings is 1. The first-order chi connectivity index (χ1) is 8.26. The smallest absolute Gasteiger partial charge is 0.323 e. The fourth-order valence-electron chi connectivity index (χ4n) is 1.07. The van der Waals surface area contributed by atoms with Crippen molar-refractivity contribution in [1.29, 1.82) is 0 Å². The maximum Gasteiger partial charge on any atom is 0.433 e. The summed E-state index contributed by atoms with van der Waals surface area (Å²) in [6.45, 7) is 1.98. The average Bonchev–Trinajstić information content (AvgIpc) is 2.39. The van der Waals surface area contributed by atoms with Gasteiger partial charge in [-0.2, -0.15) is 0 Å². The monoisotopic (exact) mass is 252 g/mol. The van der Waals surface area contributed by atoms with Crippen molar-refractivity contribution < 1.29 is 9.63 Å². The summed E-state index contributed by atoms with van der Waals surface area (Å²) in [5.41, 5.74) is 1.22. The van der Waals surface area contributed by atoms with Crippen molar-refractivity contribution in [3.63, 3.8) is 0 Å². The second-order valence-electron chi connectivity index (χ2n) is 3.24. The lowest BCUT2D eigenvalue weighted by Crippen LogP contribution is -2.17. The third-order valence-corrected chi connectivity index (χ3v) is 3.16. The van der Waals surface area contributed by atoms with Crippen molar-refractivity contribution >= 4 is 22.9 Å². The lowest BCUT2D eigenvalue weighted by molar-refractivity contribution is 0.153. The highest BCUT2D eigenvalue weighted by Gasteiger charge is 2.02. The van der Waals surface area contributed by atoms with Crippen LogP contribution in [-0.4, -0.2) is 18.2 Å². The topological polar surface area (TPSA) is 50.7 Å². The second kappa shape index (κ2) is 7.73. The number of rotatable bonds is 4. The molecule has 0 saturated carbocycles. The molecule has 5 heteroatoms. The first kappa shape index (κ1) is 13.6. The zero-order valence-electron chi connectivity index (χ0n) is 9.97. The lowest BCUT2D eigenvalue weighted by atomic mass is 10.2. The number of carbonyl (C=O) groups excluding carboxylic acids is 1. The van der Waals surface area contributed by atoms with Gasteiger partial charge in [-0.25, -0.2) is 4.79 Å².